The number of ether oxygens (including phenoxy) is 6. The molecule has 1 aromatic rings. The first kappa shape index (κ1) is 48.8. The number of hydrogen-bond donors (Lipinski definition) is 4. The number of rotatable bonds is 10. The fourth-order valence-corrected chi connectivity index (χ4v) is 11.0. The second-order valence-electron chi connectivity index (χ2n) is 20.2. The summed E-state index contributed by atoms with van der Waals surface area (Å²) in [6, 6.07) is 6.76. The average Bonchev–Trinajstić information content (AvgIpc) is 3.20. The number of aliphatic hydroxyl groups is 3. The molecule has 0 spiro atoms. The van der Waals surface area contributed by atoms with Crippen molar-refractivity contribution in [3.8, 4) is 0 Å². The Bertz CT molecular complexity index is 2060. The third-order valence-corrected chi connectivity index (χ3v) is 14.2. The highest BCUT2D eigenvalue weighted by molar-refractivity contribution is 5.96. The number of hydrogen-bond acceptors (Lipinski definition) is 15. The van der Waals surface area contributed by atoms with E-state index >= 15 is 4.79 Å². The Morgan fingerprint density at radius 3 is 2.16 bits per heavy atom. The predicted molar refractivity (Wildman–Crippen MR) is 228 cm³/mol. The molecule has 0 aromatic heterocycles. The van der Waals surface area contributed by atoms with Crippen LogP contribution in [-0.2, 0) is 47.6 Å². The van der Waals surface area contributed by atoms with Gasteiger partial charge in [0.15, 0.2) is 23.6 Å². The Labute approximate surface area is 374 Å². The molecule has 2 bridgehead atoms. The summed E-state index contributed by atoms with van der Waals surface area (Å²) in [5.74, 6) is -6.54. The zero-order chi connectivity index (χ0) is 47.3. The van der Waals surface area contributed by atoms with Gasteiger partial charge in [0.1, 0.15) is 29.5 Å². The number of carbonyl (C=O) groups excluding carboxylic acids is 6. The summed E-state index contributed by atoms with van der Waals surface area (Å²) in [5.41, 5.74) is -7.95. The molecule has 1 heterocycles. The number of aliphatic hydroxyl groups excluding tert-OH is 2. The Hall–Kier alpha value is -4.64. The Balaban J connectivity index is 1.54. The van der Waals surface area contributed by atoms with Crippen molar-refractivity contribution in [3.05, 3.63) is 58.7 Å². The molecule has 0 unspecified atom stereocenters. The molecule has 4 aliphatic carbocycles. The zero-order valence-corrected chi connectivity index (χ0v) is 38.6. The molecule has 352 valence electrons. The van der Waals surface area contributed by atoms with E-state index in [0.717, 1.165) is 26.2 Å². The van der Waals surface area contributed by atoms with Gasteiger partial charge in [-0.1, -0.05) is 56.9 Å². The molecule has 3 saturated carbocycles. The van der Waals surface area contributed by atoms with E-state index in [1.165, 1.54) is 25.1 Å². The number of Topliss-reactive ketones (excluding diaryl/α,β-unsaturated/α-hetero) is 1. The third-order valence-electron chi connectivity index (χ3n) is 14.2. The van der Waals surface area contributed by atoms with Crippen LogP contribution in [-0.4, -0.2) is 117 Å². The van der Waals surface area contributed by atoms with Gasteiger partial charge in [0.25, 0.3) is 0 Å². The summed E-state index contributed by atoms with van der Waals surface area (Å²) in [4.78, 5) is 84.3. The highest BCUT2D eigenvalue weighted by atomic mass is 16.6. The highest BCUT2D eigenvalue weighted by Gasteiger charge is 2.78. The molecule has 16 heteroatoms. The number of fused-ring (bicyclic) bond motifs is 5. The van der Waals surface area contributed by atoms with E-state index in [-0.39, 0.29) is 35.7 Å². The van der Waals surface area contributed by atoms with Gasteiger partial charge in [0.2, 0.25) is 0 Å². The van der Waals surface area contributed by atoms with Crippen LogP contribution in [0.1, 0.15) is 125 Å². The minimum absolute atomic E-state index is 0.0136. The van der Waals surface area contributed by atoms with Crippen molar-refractivity contribution in [1.82, 2.24) is 5.32 Å². The van der Waals surface area contributed by atoms with Gasteiger partial charge in [-0.15, -0.1) is 0 Å². The smallest absolute Gasteiger partial charge is 0.407 e. The van der Waals surface area contributed by atoms with Crippen molar-refractivity contribution < 1.29 is 72.5 Å². The first-order valence-electron chi connectivity index (χ1n) is 22.2. The lowest BCUT2D eigenvalue weighted by Crippen LogP contribution is -2.82. The van der Waals surface area contributed by atoms with Crippen LogP contribution in [0.25, 0.3) is 0 Å². The van der Waals surface area contributed by atoms with Crippen molar-refractivity contribution in [2.24, 2.45) is 22.7 Å². The summed E-state index contributed by atoms with van der Waals surface area (Å²) < 4.78 is 36.3. The molecule has 64 heavy (non-hydrogen) atoms. The van der Waals surface area contributed by atoms with Crippen molar-refractivity contribution >= 4 is 35.8 Å². The molecule has 1 aromatic carbocycles. The van der Waals surface area contributed by atoms with Crippen molar-refractivity contribution in [2.45, 2.75) is 174 Å². The lowest BCUT2D eigenvalue weighted by atomic mass is 9.44. The fourth-order valence-electron chi connectivity index (χ4n) is 11.0. The molecule has 1 amide bonds. The van der Waals surface area contributed by atoms with Gasteiger partial charge in [0, 0.05) is 31.3 Å². The zero-order valence-electron chi connectivity index (χ0n) is 38.6. The van der Waals surface area contributed by atoms with Crippen LogP contribution in [0.5, 0.6) is 0 Å². The maximum atomic E-state index is 15.6. The van der Waals surface area contributed by atoms with Crippen LogP contribution in [0.15, 0.2) is 53.1 Å². The second kappa shape index (κ2) is 18.0. The van der Waals surface area contributed by atoms with Crippen LogP contribution in [0.2, 0.25) is 0 Å². The van der Waals surface area contributed by atoms with Crippen LogP contribution in [0, 0.1) is 22.7 Å². The normalized spacial score (nSPS) is 33.2. The van der Waals surface area contributed by atoms with Gasteiger partial charge in [-0.3, -0.25) is 9.59 Å². The Morgan fingerprint density at radius 1 is 0.953 bits per heavy atom. The van der Waals surface area contributed by atoms with E-state index in [0.29, 0.717) is 18.4 Å². The van der Waals surface area contributed by atoms with Gasteiger partial charge in [-0.05, 0) is 90.5 Å². The molecule has 6 rings (SSSR count). The molecule has 4 N–H and O–H groups in total. The van der Waals surface area contributed by atoms with E-state index < -0.39 is 118 Å². The molecule has 5 aliphatic rings. The number of nitrogens with one attached hydrogen (secondary N) is 1. The van der Waals surface area contributed by atoms with Gasteiger partial charge in [-0.25, -0.2) is 19.2 Å². The first-order valence-corrected chi connectivity index (χ1v) is 22.2. The molecule has 16 nitrogen and oxygen atoms in total. The first-order chi connectivity index (χ1) is 29.8. The Morgan fingerprint density at radius 2 is 1.59 bits per heavy atom. The van der Waals surface area contributed by atoms with Gasteiger partial charge in [0.05, 0.1) is 35.6 Å². The van der Waals surface area contributed by atoms with E-state index in [2.05, 4.69) is 5.32 Å². The van der Waals surface area contributed by atoms with Gasteiger partial charge >= 0.3 is 30.0 Å². The summed E-state index contributed by atoms with van der Waals surface area (Å²) in [5, 5.41) is 40.5. The molecule has 1 aliphatic heterocycles. The number of ketones is 1. The summed E-state index contributed by atoms with van der Waals surface area (Å²) in [6.07, 6.45) is -6.27. The standard InChI is InChI=1S/C48H65NO15/c1-25(2)21-33(52)63-47-24-59-32(47)22-31(51)46(10)38(47)40(62-41(55)29-19-15-12-16-20-29)48(58)23-30(26(3)34(45(48,8)9)37(39(46)54)60-27(4)50)61-42(56)36(53)35(28-17-13-11-14-18-28)49-43(57)64-44(5,6)7/h12,15-16,19-21,28,30-32,35-38,40,51,53,58H,11,13-14,17-18,22-24H2,1-10H3,(H,49,57)/t30-,31-,32+,35-,36+,37+,38-,40-,46+,47-,48+/m0/s1. The minimum Gasteiger partial charge on any atom is -0.456 e. The maximum absolute atomic E-state index is 15.6. The molecule has 1 saturated heterocycles. The lowest BCUT2D eigenvalue weighted by molar-refractivity contribution is -0.345. The maximum Gasteiger partial charge on any atom is 0.407 e. The molecule has 4 fully saturated rings. The van der Waals surface area contributed by atoms with E-state index in [4.69, 9.17) is 28.4 Å². The third kappa shape index (κ3) is 8.87. The molecule has 0 radical (unpaired) electrons. The largest absolute Gasteiger partial charge is 0.456 e. The van der Waals surface area contributed by atoms with Crippen molar-refractivity contribution in [2.75, 3.05) is 6.61 Å². The number of benzene rings is 1. The van der Waals surface area contributed by atoms with Crippen LogP contribution >= 0.6 is 0 Å². The second-order valence-corrected chi connectivity index (χ2v) is 20.2. The number of esters is 4. The highest BCUT2D eigenvalue weighted by Crippen LogP contribution is 2.64. The van der Waals surface area contributed by atoms with E-state index in [1.54, 1.807) is 73.6 Å². The summed E-state index contributed by atoms with van der Waals surface area (Å²) >= 11 is 0. The number of allylic oxidation sites excluding steroid dienone is 1. The van der Waals surface area contributed by atoms with Gasteiger partial charge < -0.3 is 49.1 Å². The molecule has 11 atom stereocenters. The minimum atomic E-state index is -2.39. The number of carbonyl (C=O) groups is 6. The van der Waals surface area contributed by atoms with Crippen molar-refractivity contribution in [1.29, 1.82) is 0 Å². The van der Waals surface area contributed by atoms with Crippen LogP contribution in [0.4, 0.5) is 4.79 Å². The lowest BCUT2D eigenvalue weighted by Gasteiger charge is -2.67. The monoisotopic (exact) mass is 895 g/mol. The Kier molecular flexibility index (Phi) is 13.7. The average molecular weight is 896 g/mol. The van der Waals surface area contributed by atoms with E-state index in [1.807, 2.05) is 0 Å². The van der Waals surface area contributed by atoms with E-state index in [9.17, 15) is 39.3 Å². The fraction of sp³-hybridized carbons (Fsp3) is 0.667. The predicted octanol–water partition coefficient (Wildman–Crippen LogP) is 4.98. The topological polar surface area (TPSA) is 231 Å². The van der Waals surface area contributed by atoms with Crippen LogP contribution in [0.3, 0.4) is 0 Å². The number of amides is 1. The summed E-state index contributed by atoms with van der Waals surface area (Å²) in [7, 11) is 0. The van der Waals surface area contributed by atoms with Crippen molar-refractivity contribution in [3.63, 3.8) is 0 Å². The molecular weight excluding hydrogens is 831 g/mol. The molecular formula is C48H65NO15. The number of alkyl carbamates (subject to hydrolysis) is 1. The van der Waals surface area contributed by atoms with Gasteiger partial charge in [-0.2, -0.15) is 0 Å². The van der Waals surface area contributed by atoms with Crippen LogP contribution < -0.4 is 5.32 Å². The summed E-state index contributed by atoms with van der Waals surface area (Å²) in [6.45, 7) is 15.3. The SMILES string of the molecule is CC(=O)O[C@H]1C(=O)[C@@]2(C)[C@H]([C@H](OC(=O)c3ccccc3)[C@]3(O)C[C@H](OC(=O)[C@H](O)[C@@H](NC(=O)OC(C)(C)C)C4CCCCC4)C(C)=C1C3(C)C)[C@]1(OC(=O)C=C(C)C)CO[C@@H]1C[C@@H]2O. The quantitative estimate of drug-likeness (QED) is 0.105.